The zero-order valence-electron chi connectivity index (χ0n) is 11.2. The van der Waals surface area contributed by atoms with Gasteiger partial charge in [0.15, 0.2) is 0 Å². The zero-order chi connectivity index (χ0) is 14.4. The molecule has 0 saturated carbocycles. The van der Waals surface area contributed by atoms with Gasteiger partial charge in [-0.1, -0.05) is 18.2 Å². The van der Waals surface area contributed by atoms with Crippen molar-refractivity contribution in [3.63, 3.8) is 0 Å². The minimum Gasteiger partial charge on any atom is -0.385 e. The summed E-state index contributed by atoms with van der Waals surface area (Å²) in [6.45, 7) is 0.801. The second-order valence-corrected chi connectivity index (χ2v) is 5.21. The number of benzene rings is 2. The first-order chi connectivity index (χ1) is 9.69. The quantitative estimate of drug-likeness (QED) is 0.496. The Bertz CT molecular complexity index is 585. The van der Waals surface area contributed by atoms with Crippen LogP contribution in [0.3, 0.4) is 0 Å². The molecule has 5 heteroatoms. The number of nitro benzene ring substituents is 1. The third-order valence-corrected chi connectivity index (χ3v) is 3.69. The summed E-state index contributed by atoms with van der Waals surface area (Å²) in [5, 5.41) is 13.9. The summed E-state index contributed by atoms with van der Waals surface area (Å²) >= 11 is 1.71. The van der Waals surface area contributed by atoms with E-state index in [1.165, 1.54) is 4.90 Å². The van der Waals surface area contributed by atoms with E-state index in [4.69, 9.17) is 0 Å². The topological polar surface area (TPSA) is 55.2 Å². The molecule has 0 fully saturated rings. The number of thioether (sulfide) groups is 1. The lowest BCUT2D eigenvalue weighted by Crippen LogP contribution is -2.04. The Morgan fingerprint density at radius 1 is 1.20 bits per heavy atom. The van der Waals surface area contributed by atoms with Gasteiger partial charge in [-0.25, -0.2) is 0 Å². The molecule has 0 aliphatic heterocycles. The number of anilines is 1. The van der Waals surface area contributed by atoms with E-state index in [1.54, 1.807) is 36.0 Å². The van der Waals surface area contributed by atoms with E-state index < -0.39 is 0 Å². The van der Waals surface area contributed by atoms with Crippen molar-refractivity contribution >= 4 is 23.1 Å². The van der Waals surface area contributed by atoms with E-state index in [0.29, 0.717) is 0 Å². The summed E-state index contributed by atoms with van der Waals surface area (Å²) in [6.07, 6.45) is 2.89. The predicted molar refractivity (Wildman–Crippen MR) is 83.5 cm³/mol. The highest BCUT2D eigenvalue weighted by atomic mass is 32.2. The van der Waals surface area contributed by atoms with E-state index in [1.807, 2.05) is 12.1 Å². The third kappa shape index (κ3) is 3.99. The molecule has 0 heterocycles. The van der Waals surface area contributed by atoms with Crippen LogP contribution in [-0.4, -0.2) is 17.7 Å². The predicted octanol–water partition coefficient (Wildman–Crippen LogP) is 3.97. The van der Waals surface area contributed by atoms with Crippen LogP contribution < -0.4 is 5.32 Å². The van der Waals surface area contributed by atoms with Crippen molar-refractivity contribution in [3.05, 3.63) is 64.2 Å². The molecule has 0 radical (unpaired) electrons. The summed E-state index contributed by atoms with van der Waals surface area (Å²) in [7, 11) is 0. The maximum atomic E-state index is 10.6. The lowest BCUT2D eigenvalue weighted by atomic mass is 10.1. The van der Waals surface area contributed by atoms with Gasteiger partial charge < -0.3 is 5.32 Å². The Hall–Kier alpha value is -2.01. The molecule has 0 unspecified atom stereocenters. The van der Waals surface area contributed by atoms with Crippen LogP contribution in [0.5, 0.6) is 0 Å². The van der Waals surface area contributed by atoms with Gasteiger partial charge in [0, 0.05) is 29.3 Å². The molecule has 20 heavy (non-hydrogen) atoms. The highest BCUT2D eigenvalue weighted by Gasteiger charge is 2.03. The number of hydrogen-bond donors (Lipinski definition) is 1. The number of nitrogens with one attached hydrogen (secondary N) is 1. The monoisotopic (exact) mass is 288 g/mol. The first-order valence-electron chi connectivity index (χ1n) is 6.30. The number of nitrogens with zero attached hydrogens (tertiary/aromatic N) is 1. The van der Waals surface area contributed by atoms with Gasteiger partial charge in [-0.2, -0.15) is 0 Å². The van der Waals surface area contributed by atoms with Crippen molar-refractivity contribution in [3.8, 4) is 0 Å². The highest BCUT2D eigenvalue weighted by Crippen LogP contribution is 2.19. The van der Waals surface area contributed by atoms with Gasteiger partial charge in [-0.05, 0) is 36.4 Å². The Balaban J connectivity index is 1.87. The van der Waals surface area contributed by atoms with Crippen molar-refractivity contribution < 1.29 is 4.92 Å². The van der Waals surface area contributed by atoms with Crippen LogP contribution in [0.4, 0.5) is 11.4 Å². The molecule has 0 atom stereocenters. The van der Waals surface area contributed by atoms with E-state index in [-0.39, 0.29) is 10.6 Å². The summed E-state index contributed by atoms with van der Waals surface area (Å²) in [5.74, 6) is 0. The molecular formula is C15H16N2O2S. The molecule has 0 aliphatic rings. The average Bonchev–Trinajstić information content (AvgIpc) is 2.48. The maximum Gasteiger partial charge on any atom is 0.269 e. The second-order valence-electron chi connectivity index (χ2n) is 4.33. The summed E-state index contributed by atoms with van der Waals surface area (Å²) in [6, 6.07) is 15.0. The Morgan fingerprint density at radius 2 is 1.95 bits per heavy atom. The van der Waals surface area contributed by atoms with Gasteiger partial charge in [0.05, 0.1) is 4.92 Å². The number of non-ortho nitro benzene ring substituents is 1. The molecule has 2 aromatic rings. The summed E-state index contributed by atoms with van der Waals surface area (Å²) < 4.78 is 0. The molecule has 104 valence electrons. The summed E-state index contributed by atoms with van der Waals surface area (Å²) in [5.41, 5.74) is 2.32. The zero-order valence-corrected chi connectivity index (χ0v) is 12.0. The number of nitro groups is 1. The Kier molecular flexibility index (Phi) is 5.01. The van der Waals surface area contributed by atoms with Crippen molar-refractivity contribution in [1.29, 1.82) is 0 Å². The fourth-order valence-electron chi connectivity index (χ4n) is 1.87. The van der Waals surface area contributed by atoms with Crippen molar-refractivity contribution in [2.75, 3.05) is 18.1 Å². The molecule has 1 N–H and O–H groups in total. The molecule has 0 aromatic heterocycles. The minimum absolute atomic E-state index is 0.134. The van der Waals surface area contributed by atoms with Crippen LogP contribution in [0.25, 0.3) is 0 Å². The second kappa shape index (κ2) is 6.96. The van der Waals surface area contributed by atoms with Crippen LogP contribution >= 0.6 is 11.8 Å². The van der Waals surface area contributed by atoms with Crippen LogP contribution in [-0.2, 0) is 6.42 Å². The van der Waals surface area contributed by atoms with Gasteiger partial charge in [0.2, 0.25) is 0 Å². The lowest BCUT2D eigenvalue weighted by molar-refractivity contribution is -0.384. The van der Waals surface area contributed by atoms with Crippen LogP contribution in [0.1, 0.15) is 5.56 Å². The normalized spacial score (nSPS) is 10.2. The van der Waals surface area contributed by atoms with E-state index in [0.717, 1.165) is 24.2 Å². The molecule has 0 aliphatic carbocycles. The molecular weight excluding hydrogens is 272 g/mol. The fourth-order valence-corrected chi connectivity index (χ4v) is 2.33. The van der Waals surface area contributed by atoms with Crippen LogP contribution in [0, 0.1) is 10.1 Å². The smallest absolute Gasteiger partial charge is 0.269 e. The number of rotatable bonds is 6. The molecule has 2 aromatic carbocycles. The van der Waals surface area contributed by atoms with Gasteiger partial charge >= 0.3 is 0 Å². The average molecular weight is 288 g/mol. The molecule has 4 nitrogen and oxygen atoms in total. The Labute approximate surface area is 122 Å². The number of hydrogen-bond acceptors (Lipinski definition) is 4. The fraction of sp³-hybridized carbons (Fsp3) is 0.200. The standard InChI is InChI=1S/C15H16N2O2S/c1-20-15-4-2-3-13(11-15)16-10-9-12-5-7-14(8-6-12)17(18)19/h2-8,11,16H,9-10H2,1H3. The molecule has 0 saturated heterocycles. The van der Waals surface area contributed by atoms with Gasteiger partial charge in [0.1, 0.15) is 0 Å². The van der Waals surface area contributed by atoms with Crippen molar-refractivity contribution in [2.24, 2.45) is 0 Å². The van der Waals surface area contributed by atoms with E-state index >= 15 is 0 Å². The van der Waals surface area contributed by atoms with Crippen LogP contribution in [0.2, 0.25) is 0 Å². The molecule has 0 spiro atoms. The highest BCUT2D eigenvalue weighted by molar-refractivity contribution is 7.98. The third-order valence-electron chi connectivity index (χ3n) is 2.96. The largest absolute Gasteiger partial charge is 0.385 e. The SMILES string of the molecule is CSc1cccc(NCCc2ccc([N+](=O)[O-])cc2)c1. The van der Waals surface area contributed by atoms with Gasteiger partial charge in [0.25, 0.3) is 5.69 Å². The maximum absolute atomic E-state index is 10.6. The van der Waals surface area contributed by atoms with Crippen molar-refractivity contribution in [1.82, 2.24) is 0 Å². The van der Waals surface area contributed by atoms with Gasteiger partial charge in [-0.15, -0.1) is 11.8 Å². The first-order valence-corrected chi connectivity index (χ1v) is 7.53. The first kappa shape index (κ1) is 14.4. The summed E-state index contributed by atoms with van der Waals surface area (Å²) in [4.78, 5) is 11.4. The molecule has 0 amide bonds. The molecule has 0 bridgehead atoms. The van der Waals surface area contributed by atoms with Crippen molar-refractivity contribution in [2.45, 2.75) is 11.3 Å². The molecule has 2 rings (SSSR count). The van der Waals surface area contributed by atoms with E-state index in [9.17, 15) is 10.1 Å². The minimum atomic E-state index is -0.379. The Morgan fingerprint density at radius 3 is 2.60 bits per heavy atom. The van der Waals surface area contributed by atoms with Gasteiger partial charge in [-0.3, -0.25) is 10.1 Å². The lowest BCUT2D eigenvalue weighted by Gasteiger charge is -2.07. The van der Waals surface area contributed by atoms with E-state index in [2.05, 4.69) is 23.7 Å². The van der Waals surface area contributed by atoms with Crippen LogP contribution in [0.15, 0.2) is 53.4 Å².